The van der Waals surface area contributed by atoms with Crippen LogP contribution in [0.25, 0.3) is 5.69 Å². The number of carbonyl (C=O) groups excluding carboxylic acids is 1. The molecule has 0 spiro atoms. The van der Waals surface area contributed by atoms with E-state index >= 15 is 0 Å². The molecule has 2 heterocycles. The molecular formula is C22H21F3N4O2. The van der Waals surface area contributed by atoms with Gasteiger partial charge in [0.15, 0.2) is 0 Å². The summed E-state index contributed by atoms with van der Waals surface area (Å²) in [5, 5.41) is 6.93. The molecule has 31 heavy (non-hydrogen) atoms. The third-order valence-corrected chi connectivity index (χ3v) is 5.18. The summed E-state index contributed by atoms with van der Waals surface area (Å²) in [5.74, 6) is -0.520. The Morgan fingerprint density at radius 3 is 2.48 bits per heavy atom. The molecule has 1 aliphatic heterocycles. The summed E-state index contributed by atoms with van der Waals surface area (Å²) in [6, 6.07) is 12.7. The molecule has 3 aromatic rings. The van der Waals surface area contributed by atoms with Gasteiger partial charge in [0.05, 0.1) is 53.3 Å². The first-order valence-corrected chi connectivity index (χ1v) is 9.80. The molecule has 0 unspecified atom stereocenters. The van der Waals surface area contributed by atoms with Crippen LogP contribution >= 0.6 is 0 Å². The highest BCUT2D eigenvalue weighted by Crippen LogP contribution is 2.36. The summed E-state index contributed by atoms with van der Waals surface area (Å²) in [6.45, 7) is 3.73. The Hall–Kier alpha value is -3.33. The lowest BCUT2D eigenvalue weighted by Gasteiger charge is -2.31. The summed E-state index contributed by atoms with van der Waals surface area (Å²) >= 11 is 0. The predicted molar refractivity (Wildman–Crippen MR) is 111 cm³/mol. The van der Waals surface area contributed by atoms with Crippen molar-refractivity contribution < 1.29 is 22.7 Å². The van der Waals surface area contributed by atoms with Crippen molar-refractivity contribution in [2.45, 2.75) is 13.1 Å². The quantitative estimate of drug-likeness (QED) is 0.671. The van der Waals surface area contributed by atoms with E-state index in [4.69, 9.17) is 4.74 Å². The van der Waals surface area contributed by atoms with Crippen LogP contribution in [0.2, 0.25) is 0 Å². The van der Waals surface area contributed by atoms with Crippen molar-refractivity contribution >= 4 is 17.3 Å². The van der Waals surface area contributed by atoms with Gasteiger partial charge in [-0.15, -0.1) is 0 Å². The van der Waals surface area contributed by atoms with Gasteiger partial charge in [0, 0.05) is 13.1 Å². The van der Waals surface area contributed by atoms with Gasteiger partial charge in [0.25, 0.3) is 5.91 Å². The Bertz CT molecular complexity index is 1070. The third-order valence-electron chi connectivity index (χ3n) is 5.18. The van der Waals surface area contributed by atoms with E-state index in [0.29, 0.717) is 37.7 Å². The van der Waals surface area contributed by atoms with E-state index in [9.17, 15) is 18.0 Å². The topological polar surface area (TPSA) is 59.4 Å². The molecule has 1 aromatic heterocycles. The number of anilines is 2. The standard InChI is InChI=1S/C22H21F3N4O2/c1-15-18(14-26-29(15)17-5-3-2-4-6-17)21(30)27-19-13-16(22(23,24)25)7-8-20(19)28-9-11-31-12-10-28/h2-8,13-14H,9-12H2,1H3,(H,27,30). The van der Waals surface area contributed by atoms with E-state index in [0.717, 1.165) is 17.8 Å². The van der Waals surface area contributed by atoms with Crippen molar-refractivity contribution in [2.75, 3.05) is 36.5 Å². The second-order valence-corrected chi connectivity index (χ2v) is 7.17. The van der Waals surface area contributed by atoms with Crippen LogP contribution < -0.4 is 10.2 Å². The van der Waals surface area contributed by atoms with Crippen LogP contribution in [0.15, 0.2) is 54.7 Å². The SMILES string of the molecule is Cc1c(C(=O)Nc2cc(C(F)(F)F)ccc2N2CCOCC2)cnn1-c1ccccc1. The molecule has 1 aliphatic rings. The van der Waals surface area contributed by atoms with Crippen molar-refractivity contribution in [2.24, 2.45) is 0 Å². The average molecular weight is 430 g/mol. The third kappa shape index (κ3) is 4.41. The van der Waals surface area contributed by atoms with Gasteiger partial charge in [-0.1, -0.05) is 18.2 Å². The maximum atomic E-state index is 13.3. The number of aromatic nitrogens is 2. The molecule has 4 rings (SSSR count). The fourth-order valence-corrected chi connectivity index (χ4v) is 3.54. The number of para-hydroxylation sites is 1. The molecular weight excluding hydrogens is 409 g/mol. The predicted octanol–water partition coefficient (Wildman–Crippen LogP) is 4.29. The molecule has 0 aliphatic carbocycles. The van der Waals surface area contributed by atoms with Crippen LogP contribution in [0.5, 0.6) is 0 Å². The summed E-state index contributed by atoms with van der Waals surface area (Å²) in [7, 11) is 0. The van der Waals surface area contributed by atoms with Crippen LogP contribution in [0.3, 0.4) is 0 Å². The lowest BCUT2D eigenvalue weighted by molar-refractivity contribution is -0.137. The number of amides is 1. The van der Waals surface area contributed by atoms with Gasteiger partial charge in [0.2, 0.25) is 0 Å². The molecule has 1 fully saturated rings. The van der Waals surface area contributed by atoms with E-state index in [1.54, 1.807) is 11.6 Å². The van der Waals surface area contributed by atoms with Gasteiger partial charge >= 0.3 is 6.18 Å². The summed E-state index contributed by atoms with van der Waals surface area (Å²) in [5.41, 5.74) is 1.47. The average Bonchev–Trinajstić information content (AvgIpc) is 3.16. The number of halogens is 3. The lowest BCUT2D eigenvalue weighted by atomic mass is 10.1. The van der Waals surface area contributed by atoms with Gasteiger partial charge in [-0.05, 0) is 37.3 Å². The molecule has 162 valence electrons. The molecule has 0 saturated carbocycles. The van der Waals surface area contributed by atoms with Crippen molar-refractivity contribution in [1.29, 1.82) is 0 Å². The fourth-order valence-electron chi connectivity index (χ4n) is 3.54. The van der Waals surface area contributed by atoms with E-state index in [1.807, 2.05) is 35.2 Å². The minimum Gasteiger partial charge on any atom is -0.378 e. The smallest absolute Gasteiger partial charge is 0.378 e. The molecule has 1 N–H and O–H groups in total. The Morgan fingerprint density at radius 1 is 1.10 bits per heavy atom. The monoisotopic (exact) mass is 430 g/mol. The summed E-state index contributed by atoms with van der Waals surface area (Å²) < 4.78 is 46.8. The highest BCUT2D eigenvalue weighted by atomic mass is 19.4. The number of hydrogen-bond acceptors (Lipinski definition) is 4. The lowest BCUT2D eigenvalue weighted by Crippen LogP contribution is -2.36. The van der Waals surface area contributed by atoms with Gasteiger partial charge in [0.1, 0.15) is 0 Å². The van der Waals surface area contributed by atoms with E-state index in [1.165, 1.54) is 12.3 Å². The maximum absolute atomic E-state index is 13.3. The minimum absolute atomic E-state index is 0.105. The van der Waals surface area contributed by atoms with Crippen LogP contribution in [-0.2, 0) is 10.9 Å². The first-order valence-electron chi connectivity index (χ1n) is 9.80. The number of ether oxygens (including phenoxy) is 1. The Balaban J connectivity index is 1.66. The summed E-state index contributed by atoms with van der Waals surface area (Å²) in [4.78, 5) is 14.9. The van der Waals surface area contributed by atoms with E-state index < -0.39 is 17.6 Å². The molecule has 2 aromatic carbocycles. The molecule has 0 radical (unpaired) electrons. The largest absolute Gasteiger partial charge is 0.416 e. The van der Waals surface area contributed by atoms with Gasteiger partial charge in [-0.3, -0.25) is 4.79 Å². The number of alkyl halides is 3. The molecule has 0 atom stereocenters. The van der Waals surface area contributed by atoms with Crippen molar-refractivity contribution in [1.82, 2.24) is 9.78 Å². The van der Waals surface area contributed by atoms with Crippen LogP contribution in [0.1, 0.15) is 21.6 Å². The molecule has 1 amide bonds. The fraction of sp³-hybridized carbons (Fsp3) is 0.273. The molecule has 6 nitrogen and oxygen atoms in total. The number of nitrogens with zero attached hydrogens (tertiary/aromatic N) is 3. The van der Waals surface area contributed by atoms with Crippen LogP contribution in [0, 0.1) is 6.92 Å². The normalized spacial score (nSPS) is 14.5. The van der Waals surface area contributed by atoms with Crippen molar-refractivity contribution in [3.63, 3.8) is 0 Å². The zero-order valence-electron chi connectivity index (χ0n) is 16.8. The number of hydrogen-bond donors (Lipinski definition) is 1. The Morgan fingerprint density at radius 2 is 1.81 bits per heavy atom. The van der Waals surface area contributed by atoms with E-state index in [-0.39, 0.29) is 11.3 Å². The number of rotatable bonds is 4. The minimum atomic E-state index is -4.52. The van der Waals surface area contributed by atoms with Gasteiger partial charge in [-0.25, -0.2) is 4.68 Å². The summed E-state index contributed by atoms with van der Waals surface area (Å²) in [6.07, 6.45) is -3.10. The van der Waals surface area contributed by atoms with Crippen LogP contribution in [-0.4, -0.2) is 42.0 Å². The van der Waals surface area contributed by atoms with E-state index in [2.05, 4.69) is 10.4 Å². The number of morpholine rings is 1. The Kier molecular flexibility index (Phi) is 5.69. The first-order chi connectivity index (χ1) is 14.8. The second-order valence-electron chi connectivity index (χ2n) is 7.17. The molecule has 0 bridgehead atoms. The second kappa shape index (κ2) is 8.43. The highest BCUT2D eigenvalue weighted by molar-refractivity contribution is 6.06. The van der Waals surface area contributed by atoms with Crippen molar-refractivity contribution in [3.05, 3.63) is 71.5 Å². The number of carbonyl (C=O) groups is 1. The van der Waals surface area contributed by atoms with Crippen LogP contribution in [0.4, 0.5) is 24.5 Å². The molecule has 9 heteroatoms. The highest BCUT2D eigenvalue weighted by Gasteiger charge is 2.32. The first kappa shape index (κ1) is 20.9. The maximum Gasteiger partial charge on any atom is 0.416 e. The molecule has 1 saturated heterocycles. The Labute approximate surface area is 177 Å². The number of nitrogens with one attached hydrogen (secondary N) is 1. The van der Waals surface area contributed by atoms with Crippen molar-refractivity contribution in [3.8, 4) is 5.69 Å². The zero-order chi connectivity index (χ0) is 22.0. The zero-order valence-corrected chi connectivity index (χ0v) is 16.8. The number of benzene rings is 2. The van der Waals surface area contributed by atoms with Gasteiger partial charge in [-0.2, -0.15) is 18.3 Å². The van der Waals surface area contributed by atoms with Gasteiger partial charge < -0.3 is 15.0 Å².